The van der Waals surface area contributed by atoms with E-state index in [1.54, 1.807) is 0 Å². The van der Waals surface area contributed by atoms with Crippen molar-refractivity contribution in [3.05, 3.63) is 211 Å². The van der Waals surface area contributed by atoms with Crippen LogP contribution in [0.5, 0.6) is 0 Å². The summed E-state index contributed by atoms with van der Waals surface area (Å²) in [6, 6.07) is 75.2. The standard InChI is InChI=1S/C60H47BN2/c1-38(2)41-32-34-54-51(36-41)61-52-37-42(39(3)4)33-35-55(52)63(56-29-16-27-50-47-23-11-10-22-45(47)46-24-12-13-26-49(46)59(50)56)58-31-17-30-57(60(58)61)62(54)53-28-15-14-25-48(53)44-21-9-8-20-43(44)40-18-6-5-7-19-40/h5-39H,1-4H3. The van der Waals surface area contributed by atoms with Crippen LogP contribution in [0.25, 0.3) is 54.6 Å². The maximum absolute atomic E-state index is 2.60. The van der Waals surface area contributed by atoms with Crippen LogP contribution in [0.1, 0.15) is 50.7 Å². The second-order valence-electron chi connectivity index (χ2n) is 18.0. The number of rotatable bonds is 6. The summed E-state index contributed by atoms with van der Waals surface area (Å²) in [6.45, 7) is 9.31. The van der Waals surface area contributed by atoms with Gasteiger partial charge in [-0.05, 0) is 119 Å². The van der Waals surface area contributed by atoms with Crippen LogP contribution in [-0.4, -0.2) is 6.71 Å². The average Bonchev–Trinajstić information content (AvgIpc) is 3.33. The van der Waals surface area contributed by atoms with Gasteiger partial charge in [0.2, 0.25) is 0 Å². The van der Waals surface area contributed by atoms with Crippen LogP contribution in [0.15, 0.2) is 200 Å². The molecule has 10 aromatic rings. The van der Waals surface area contributed by atoms with E-state index in [9.17, 15) is 0 Å². The fraction of sp³-hybridized carbons (Fsp3) is 0.100. The first-order valence-electron chi connectivity index (χ1n) is 22.5. The van der Waals surface area contributed by atoms with Crippen LogP contribution >= 0.6 is 0 Å². The summed E-state index contributed by atoms with van der Waals surface area (Å²) < 4.78 is 0. The third kappa shape index (κ3) is 5.73. The molecule has 0 spiro atoms. The van der Waals surface area contributed by atoms with Crippen molar-refractivity contribution < 1.29 is 0 Å². The van der Waals surface area contributed by atoms with Gasteiger partial charge in [-0.25, -0.2) is 0 Å². The topological polar surface area (TPSA) is 6.48 Å². The number of benzene rings is 10. The van der Waals surface area contributed by atoms with Gasteiger partial charge in [-0.3, -0.25) is 0 Å². The Kier molecular flexibility index (Phi) is 8.69. The molecular weight excluding hydrogens is 759 g/mol. The Morgan fingerprint density at radius 1 is 0.333 bits per heavy atom. The predicted molar refractivity (Wildman–Crippen MR) is 272 cm³/mol. The molecule has 0 radical (unpaired) electrons. The Morgan fingerprint density at radius 2 is 0.762 bits per heavy atom. The Bertz CT molecular complexity index is 3390. The van der Waals surface area contributed by atoms with Crippen molar-refractivity contribution in [1.29, 1.82) is 0 Å². The number of fused-ring (bicyclic) bond motifs is 10. The first kappa shape index (κ1) is 37.4. The van der Waals surface area contributed by atoms with Gasteiger partial charge in [-0.2, -0.15) is 0 Å². The summed E-state index contributed by atoms with van der Waals surface area (Å²) in [5.74, 6) is 0.761. The van der Waals surface area contributed by atoms with Crippen LogP contribution in [0.2, 0.25) is 0 Å². The smallest absolute Gasteiger partial charge is 0.252 e. The Hall–Kier alpha value is -7.36. The van der Waals surface area contributed by atoms with Gasteiger partial charge in [0.25, 0.3) is 6.71 Å². The number of hydrogen-bond acceptors (Lipinski definition) is 2. The summed E-state index contributed by atoms with van der Waals surface area (Å²) in [6.07, 6.45) is 0. The fourth-order valence-corrected chi connectivity index (χ4v) is 10.8. The highest BCUT2D eigenvalue weighted by molar-refractivity contribution is 7.00. The highest BCUT2D eigenvalue weighted by Crippen LogP contribution is 2.50. The first-order chi connectivity index (χ1) is 31.0. The molecule has 63 heavy (non-hydrogen) atoms. The van der Waals surface area contributed by atoms with Crippen LogP contribution in [0.4, 0.5) is 34.1 Å². The van der Waals surface area contributed by atoms with Crippen molar-refractivity contribution in [1.82, 2.24) is 0 Å². The van der Waals surface area contributed by atoms with Gasteiger partial charge in [0, 0.05) is 33.7 Å². The Labute approximate surface area is 370 Å². The van der Waals surface area contributed by atoms with E-state index in [-0.39, 0.29) is 6.71 Å². The molecule has 0 bridgehead atoms. The number of para-hydroxylation sites is 1. The van der Waals surface area contributed by atoms with Crippen molar-refractivity contribution in [3.8, 4) is 22.3 Å². The molecule has 0 saturated carbocycles. The molecule has 2 aliphatic heterocycles. The molecule has 0 N–H and O–H groups in total. The van der Waals surface area contributed by atoms with E-state index in [0.717, 1.165) is 0 Å². The molecule has 2 heterocycles. The first-order valence-corrected chi connectivity index (χ1v) is 22.5. The van der Waals surface area contributed by atoms with Gasteiger partial charge >= 0.3 is 0 Å². The normalized spacial score (nSPS) is 13.0. The van der Waals surface area contributed by atoms with E-state index in [4.69, 9.17) is 0 Å². The molecule has 12 rings (SSSR count). The molecule has 2 aliphatic rings. The second kappa shape index (κ2) is 14.6. The molecule has 0 amide bonds. The van der Waals surface area contributed by atoms with Crippen LogP contribution in [-0.2, 0) is 0 Å². The summed E-state index contributed by atoms with van der Waals surface area (Å²) in [5.41, 5.74) is 18.9. The number of nitrogens with zero attached hydrogens (tertiary/aromatic N) is 2. The molecule has 0 atom stereocenters. The van der Waals surface area contributed by atoms with Gasteiger partial charge in [0.05, 0.1) is 11.4 Å². The van der Waals surface area contributed by atoms with Gasteiger partial charge < -0.3 is 9.80 Å². The van der Waals surface area contributed by atoms with Crippen molar-refractivity contribution in [3.63, 3.8) is 0 Å². The summed E-state index contributed by atoms with van der Waals surface area (Å²) >= 11 is 0. The van der Waals surface area contributed by atoms with Crippen molar-refractivity contribution in [2.75, 3.05) is 9.80 Å². The SMILES string of the molecule is CC(C)c1ccc2c(c1)B1c3cc(C(C)C)ccc3N(c3cccc4c5ccccc5c5ccccc5c34)c3cccc(c31)N2c1ccccc1-c1ccccc1-c1ccccc1. The molecule has 2 nitrogen and oxygen atoms in total. The zero-order valence-corrected chi connectivity index (χ0v) is 36.2. The third-order valence-corrected chi connectivity index (χ3v) is 13.8. The minimum atomic E-state index is 0.0300. The maximum atomic E-state index is 2.60. The lowest BCUT2D eigenvalue weighted by Crippen LogP contribution is -2.61. The molecular formula is C60H47BN2. The highest BCUT2D eigenvalue weighted by atomic mass is 15.2. The molecule has 10 aromatic carbocycles. The maximum Gasteiger partial charge on any atom is 0.252 e. The van der Waals surface area contributed by atoms with E-state index in [2.05, 4.69) is 238 Å². The number of anilines is 6. The summed E-state index contributed by atoms with van der Waals surface area (Å²) in [4.78, 5) is 5.18. The van der Waals surface area contributed by atoms with E-state index in [1.165, 1.54) is 116 Å². The largest absolute Gasteiger partial charge is 0.311 e. The van der Waals surface area contributed by atoms with Gasteiger partial charge in [-0.15, -0.1) is 0 Å². The van der Waals surface area contributed by atoms with Crippen molar-refractivity contribution in [2.45, 2.75) is 39.5 Å². The minimum Gasteiger partial charge on any atom is -0.311 e. The summed E-state index contributed by atoms with van der Waals surface area (Å²) in [7, 11) is 0. The molecule has 3 heteroatoms. The minimum absolute atomic E-state index is 0.0300. The second-order valence-corrected chi connectivity index (χ2v) is 18.0. The van der Waals surface area contributed by atoms with Crippen molar-refractivity contribution >= 4 is 89.5 Å². The lowest BCUT2D eigenvalue weighted by molar-refractivity contribution is 0.867. The Morgan fingerprint density at radius 3 is 1.37 bits per heavy atom. The monoisotopic (exact) mass is 806 g/mol. The van der Waals surface area contributed by atoms with Crippen LogP contribution in [0, 0.1) is 0 Å². The van der Waals surface area contributed by atoms with Crippen molar-refractivity contribution in [2.24, 2.45) is 0 Å². The zero-order chi connectivity index (χ0) is 42.3. The summed E-state index contributed by atoms with van der Waals surface area (Å²) in [5, 5.41) is 7.67. The van der Waals surface area contributed by atoms with E-state index in [0.29, 0.717) is 11.8 Å². The Balaban J connectivity index is 1.18. The third-order valence-electron chi connectivity index (χ3n) is 13.8. The fourth-order valence-electron chi connectivity index (χ4n) is 10.8. The molecule has 0 fully saturated rings. The zero-order valence-electron chi connectivity index (χ0n) is 36.2. The highest BCUT2D eigenvalue weighted by Gasteiger charge is 2.44. The lowest BCUT2D eigenvalue weighted by atomic mass is 9.33. The van der Waals surface area contributed by atoms with Crippen LogP contribution < -0.4 is 26.2 Å². The molecule has 0 aromatic heterocycles. The van der Waals surface area contributed by atoms with Gasteiger partial charge in [0.1, 0.15) is 0 Å². The predicted octanol–water partition coefficient (Wildman–Crippen LogP) is 14.8. The number of hydrogen-bond donors (Lipinski definition) is 0. The average molecular weight is 807 g/mol. The molecule has 0 unspecified atom stereocenters. The van der Waals surface area contributed by atoms with E-state index in [1.807, 2.05) is 0 Å². The molecule has 300 valence electrons. The molecule has 0 saturated heterocycles. The van der Waals surface area contributed by atoms with Gasteiger partial charge in [0.15, 0.2) is 0 Å². The van der Waals surface area contributed by atoms with Gasteiger partial charge in [-0.1, -0.05) is 191 Å². The lowest BCUT2D eigenvalue weighted by Gasteiger charge is -2.45. The van der Waals surface area contributed by atoms with E-state index < -0.39 is 0 Å². The van der Waals surface area contributed by atoms with Crippen LogP contribution in [0.3, 0.4) is 0 Å². The quantitative estimate of drug-likeness (QED) is 0.122. The van der Waals surface area contributed by atoms with E-state index >= 15 is 0 Å². The molecule has 0 aliphatic carbocycles.